The van der Waals surface area contributed by atoms with Crippen molar-refractivity contribution < 1.29 is 0 Å². The molecule has 0 unspecified atom stereocenters. The minimum Gasteiger partial charge on any atom is -0.317 e. The Bertz CT molecular complexity index is 3120. The summed E-state index contributed by atoms with van der Waals surface area (Å²) in [5, 5.41) is 8.01. The summed E-state index contributed by atoms with van der Waals surface area (Å²) in [5.74, 6) is 0. The quantitative estimate of drug-likeness (QED) is 0.127. The summed E-state index contributed by atoms with van der Waals surface area (Å²) in [6.07, 6.45) is 5.43. The highest BCUT2D eigenvalue weighted by molar-refractivity contribution is 6.07. The number of hydrogen-bond acceptors (Lipinski definition) is 1. The minimum atomic E-state index is -0.463. The Balaban J connectivity index is 0.000000204. The molecule has 0 atom stereocenters. The predicted molar refractivity (Wildman–Crippen MR) is 278 cm³/mol. The summed E-state index contributed by atoms with van der Waals surface area (Å²) in [6.45, 7) is 8.94. The van der Waals surface area contributed by atoms with Crippen LogP contribution in [0.2, 0.25) is 0 Å². The number of aryl methyl sites for hydroxylation is 3. The van der Waals surface area contributed by atoms with Gasteiger partial charge in [-0.2, -0.15) is 0 Å². The fourth-order valence-corrected chi connectivity index (χ4v) is 9.29. The van der Waals surface area contributed by atoms with Crippen LogP contribution in [-0.4, -0.2) is 6.72 Å². The summed E-state index contributed by atoms with van der Waals surface area (Å²) in [6, 6.07) is 80.5. The lowest BCUT2D eigenvalue weighted by Gasteiger charge is -2.34. The van der Waals surface area contributed by atoms with Gasteiger partial charge < -0.3 is 5.41 Å². The highest BCUT2D eigenvalue weighted by Gasteiger charge is 2.47. The molecule has 0 bridgehead atoms. The maximum absolute atomic E-state index is 5.50. The molecule has 0 saturated heterocycles. The van der Waals surface area contributed by atoms with Crippen molar-refractivity contribution in [2.45, 2.75) is 32.6 Å². The molecule has 9 aromatic carbocycles. The fraction of sp³-hybridized carbons (Fsp3) is 0.0781. The third-order valence-corrected chi connectivity index (χ3v) is 12.3. The van der Waals surface area contributed by atoms with Crippen molar-refractivity contribution in [3.05, 3.63) is 293 Å². The monoisotopic (exact) mass is 835 g/mol. The summed E-state index contributed by atoms with van der Waals surface area (Å²) < 4.78 is 0. The zero-order chi connectivity index (χ0) is 45.0. The van der Waals surface area contributed by atoms with Gasteiger partial charge >= 0.3 is 0 Å². The summed E-state index contributed by atoms with van der Waals surface area (Å²) in [4.78, 5) is 0. The van der Waals surface area contributed by atoms with Gasteiger partial charge in [-0.15, -0.1) is 0 Å². The molecular weight excluding hydrogens is 783 g/mol. The van der Waals surface area contributed by atoms with Gasteiger partial charge in [-0.05, 0) is 122 Å². The summed E-state index contributed by atoms with van der Waals surface area (Å²) >= 11 is 0. The first kappa shape index (κ1) is 43.6. The molecule has 0 amide bonds. The van der Waals surface area contributed by atoms with Crippen molar-refractivity contribution in [1.29, 1.82) is 5.41 Å². The van der Waals surface area contributed by atoms with Gasteiger partial charge in [0.25, 0.3) is 0 Å². The second kappa shape index (κ2) is 20.4. The van der Waals surface area contributed by atoms with Crippen molar-refractivity contribution in [2.24, 2.45) is 0 Å². The minimum absolute atomic E-state index is 0.463. The molecule has 11 rings (SSSR count). The molecule has 0 aliphatic heterocycles. The number of allylic oxidation sites excluding steroid dienone is 4. The number of rotatable bonds is 6. The third-order valence-electron chi connectivity index (χ3n) is 12.3. The Morgan fingerprint density at radius 3 is 1.62 bits per heavy atom. The molecule has 0 aromatic heterocycles. The van der Waals surface area contributed by atoms with E-state index in [2.05, 4.69) is 263 Å². The molecule has 1 N–H and O–H groups in total. The number of hydrogen-bond donors (Lipinski definition) is 1. The van der Waals surface area contributed by atoms with Crippen molar-refractivity contribution in [2.75, 3.05) is 0 Å². The van der Waals surface area contributed by atoms with Gasteiger partial charge in [0.15, 0.2) is 0 Å². The number of benzene rings is 9. The van der Waals surface area contributed by atoms with Gasteiger partial charge in [-0.3, -0.25) is 0 Å². The van der Waals surface area contributed by atoms with E-state index in [1.807, 2.05) is 12.1 Å². The second-order valence-corrected chi connectivity index (χ2v) is 16.3. The van der Waals surface area contributed by atoms with Gasteiger partial charge in [-0.1, -0.05) is 254 Å². The zero-order valence-electron chi connectivity index (χ0n) is 37.4. The maximum Gasteiger partial charge on any atom is 0.0720 e. The molecule has 2 aliphatic carbocycles. The predicted octanol–water partition coefficient (Wildman–Crippen LogP) is 16.6. The number of fused-ring (bicyclic) bond motifs is 3. The normalized spacial score (nSPS) is 12.4. The molecule has 65 heavy (non-hydrogen) atoms. The van der Waals surface area contributed by atoms with Crippen molar-refractivity contribution in [3.8, 4) is 33.4 Å². The Morgan fingerprint density at radius 1 is 0.446 bits per heavy atom. The van der Waals surface area contributed by atoms with Gasteiger partial charge in [0, 0.05) is 0 Å². The molecule has 0 spiro atoms. The Morgan fingerprint density at radius 2 is 0.985 bits per heavy atom. The van der Waals surface area contributed by atoms with Crippen LogP contribution in [0.3, 0.4) is 0 Å². The fourth-order valence-electron chi connectivity index (χ4n) is 9.29. The molecule has 314 valence electrons. The van der Waals surface area contributed by atoms with E-state index in [1.165, 1.54) is 94.2 Å². The average molecular weight is 836 g/mol. The van der Waals surface area contributed by atoms with E-state index in [4.69, 9.17) is 5.41 Å². The van der Waals surface area contributed by atoms with Gasteiger partial charge in [0.05, 0.1) is 5.41 Å². The second-order valence-electron chi connectivity index (χ2n) is 16.3. The van der Waals surface area contributed by atoms with Crippen LogP contribution in [0.1, 0.15) is 45.9 Å². The van der Waals surface area contributed by atoms with Crippen molar-refractivity contribution in [3.63, 3.8) is 0 Å². The molecule has 0 radical (unpaired) electrons. The highest BCUT2D eigenvalue weighted by Crippen LogP contribution is 2.58. The largest absolute Gasteiger partial charge is 0.317 e. The Kier molecular flexibility index (Phi) is 13.7. The van der Waals surface area contributed by atoms with Crippen LogP contribution in [0.5, 0.6) is 0 Å². The Hall–Kier alpha value is -8.05. The van der Waals surface area contributed by atoms with Gasteiger partial charge in [-0.25, -0.2) is 0 Å². The standard InChI is InChI=1S/C42H28.C13H12.C8H10.CH3N/c1-29-14-12-16-31(28-29)40-34-21-9-8-15-30(34)26-27-36(40)35-23-13-25-39-41(35)37-22-10-11-24-38(37)42(39,32-17-4-2-5-18-32)33-19-6-3-7-20-33;1-11-7-9-13(10-8-11)12-5-3-2-4-6-12;1-2-8-6-4-3-5-7-8;1-2/h2-9,12-28H,1H3;2-10H,1H3;3-7H,2H2,1H3;2H,1H2. The van der Waals surface area contributed by atoms with Crippen LogP contribution >= 0.6 is 0 Å². The molecular formula is C64H53N. The van der Waals surface area contributed by atoms with Crippen molar-refractivity contribution >= 4 is 23.1 Å². The zero-order valence-corrected chi connectivity index (χ0v) is 37.4. The van der Waals surface area contributed by atoms with Crippen molar-refractivity contribution in [1.82, 2.24) is 0 Å². The van der Waals surface area contributed by atoms with E-state index in [0.717, 1.165) is 6.42 Å². The SMILES string of the molecule is C=N.CCc1ccccc1.Cc1ccc(-c2ccccc2)cc1.Cc1cccc(-c2c(-c3cccc4c3C3=C(C=C=C=C3)C4(c3ccccc3)c3ccccc3)ccc3ccccc23)c1. The lowest BCUT2D eigenvalue weighted by Crippen LogP contribution is -2.29. The van der Waals surface area contributed by atoms with E-state index in [-0.39, 0.29) is 0 Å². The van der Waals surface area contributed by atoms with E-state index in [1.54, 1.807) is 0 Å². The van der Waals surface area contributed by atoms with E-state index in [9.17, 15) is 0 Å². The number of nitrogens with one attached hydrogen (secondary N) is 1. The van der Waals surface area contributed by atoms with Gasteiger partial charge in [0.2, 0.25) is 0 Å². The van der Waals surface area contributed by atoms with E-state index in [0.29, 0.717) is 0 Å². The van der Waals surface area contributed by atoms with Crippen LogP contribution in [-0.2, 0) is 11.8 Å². The molecule has 1 heteroatoms. The average Bonchev–Trinajstić information content (AvgIpc) is 3.69. The molecule has 0 heterocycles. The maximum atomic E-state index is 5.50. The summed E-state index contributed by atoms with van der Waals surface area (Å²) in [5.41, 5.74) is 25.2. The molecule has 0 fully saturated rings. The summed E-state index contributed by atoms with van der Waals surface area (Å²) in [7, 11) is 0. The van der Waals surface area contributed by atoms with Gasteiger partial charge in [0.1, 0.15) is 0 Å². The first-order valence-corrected chi connectivity index (χ1v) is 22.3. The first-order chi connectivity index (χ1) is 32.1. The van der Waals surface area contributed by atoms with Crippen LogP contribution in [0.4, 0.5) is 0 Å². The smallest absolute Gasteiger partial charge is 0.0720 e. The molecule has 1 nitrogen and oxygen atoms in total. The lowest BCUT2D eigenvalue weighted by molar-refractivity contribution is 0.761. The molecule has 0 saturated carbocycles. The topological polar surface area (TPSA) is 23.9 Å². The first-order valence-electron chi connectivity index (χ1n) is 22.3. The molecule has 2 aliphatic rings. The highest BCUT2D eigenvalue weighted by atomic mass is 14.5. The van der Waals surface area contributed by atoms with Crippen LogP contribution in [0.15, 0.2) is 254 Å². The third kappa shape index (κ3) is 8.94. The van der Waals surface area contributed by atoms with E-state index < -0.39 is 5.41 Å². The van der Waals surface area contributed by atoms with Crippen LogP contribution < -0.4 is 0 Å². The molecule has 9 aromatic rings. The lowest BCUT2D eigenvalue weighted by atomic mass is 9.66. The Labute approximate surface area is 385 Å². The van der Waals surface area contributed by atoms with Crippen LogP contribution in [0, 0.1) is 19.3 Å². The van der Waals surface area contributed by atoms with E-state index >= 15 is 0 Å². The van der Waals surface area contributed by atoms with Crippen LogP contribution in [0.25, 0.3) is 49.7 Å².